The van der Waals surface area contributed by atoms with Crippen molar-refractivity contribution in [2.24, 2.45) is 0 Å². The lowest BCUT2D eigenvalue weighted by Gasteiger charge is -2.18. The highest BCUT2D eigenvalue weighted by Crippen LogP contribution is 2.32. The summed E-state index contributed by atoms with van der Waals surface area (Å²) >= 11 is 18.1. The molecule has 0 spiro atoms. The number of anilines is 1. The number of rotatable bonds is 7. The summed E-state index contributed by atoms with van der Waals surface area (Å²) in [6.07, 6.45) is 1.20. The Morgan fingerprint density at radius 2 is 1.75 bits per heavy atom. The van der Waals surface area contributed by atoms with Gasteiger partial charge in [-0.15, -0.1) is 0 Å². The number of carbonyl (C=O) groups excluding carboxylic acids is 2. The number of carbonyl (C=O) groups is 2. The van der Waals surface area contributed by atoms with E-state index in [0.29, 0.717) is 17.4 Å². The molecule has 3 aromatic rings. The molecule has 0 aliphatic rings. The molecule has 1 atom stereocenters. The van der Waals surface area contributed by atoms with Crippen LogP contribution in [0.25, 0.3) is 10.9 Å². The highest BCUT2D eigenvalue weighted by atomic mass is 35.5. The third-order valence-corrected chi connectivity index (χ3v) is 6.08. The molecule has 1 aromatic heterocycles. The summed E-state index contributed by atoms with van der Waals surface area (Å²) in [4.78, 5) is 30.7. The van der Waals surface area contributed by atoms with Crippen LogP contribution in [0.4, 0.5) is 5.69 Å². The number of benzene rings is 2. The standard InChI is InChI=1S/C24H23Cl3N2O3/c1-4-8-19-14(5-2)22(15-9-6-7-10-20(15)28-19)24(31)32-13(3)23(30)29-21-12-17(26)16(25)11-18(21)27/h6-7,9-13H,4-5,8H2,1-3H3,(H,29,30). The molecule has 0 aliphatic carbocycles. The SMILES string of the molecule is CCCc1nc2ccccc2c(C(=O)OC(C)C(=O)Nc2cc(Cl)c(Cl)cc2Cl)c1CC. The summed E-state index contributed by atoms with van der Waals surface area (Å²) in [7, 11) is 0. The van der Waals surface area contributed by atoms with Crippen molar-refractivity contribution in [2.75, 3.05) is 5.32 Å². The minimum atomic E-state index is -1.07. The quantitative estimate of drug-likeness (QED) is 0.287. The minimum Gasteiger partial charge on any atom is -0.449 e. The maximum absolute atomic E-state index is 13.2. The topological polar surface area (TPSA) is 68.3 Å². The number of para-hydroxylation sites is 1. The summed E-state index contributed by atoms with van der Waals surface area (Å²) in [6, 6.07) is 10.3. The van der Waals surface area contributed by atoms with Crippen molar-refractivity contribution in [2.45, 2.75) is 46.1 Å². The van der Waals surface area contributed by atoms with E-state index in [-0.39, 0.29) is 20.8 Å². The van der Waals surface area contributed by atoms with Crippen LogP contribution >= 0.6 is 34.8 Å². The van der Waals surface area contributed by atoms with E-state index in [4.69, 9.17) is 44.5 Å². The first-order valence-corrected chi connectivity index (χ1v) is 11.5. The Bertz CT molecular complexity index is 1180. The molecule has 2 aromatic carbocycles. The van der Waals surface area contributed by atoms with E-state index < -0.39 is 18.0 Å². The number of fused-ring (bicyclic) bond motifs is 1. The summed E-state index contributed by atoms with van der Waals surface area (Å²) in [5.74, 6) is -1.11. The second kappa shape index (κ2) is 10.5. The van der Waals surface area contributed by atoms with Crippen molar-refractivity contribution in [3.05, 3.63) is 68.3 Å². The Morgan fingerprint density at radius 1 is 1.06 bits per heavy atom. The number of amides is 1. The van der Waals surface area contributed by atoms with Crippen LogP contribution in [0, 0.1) is 0 Å². The van der Waals surface area contributed by atoms with Crippen molar-refractivity contribution in [1.82, 2.24) is 4.98 Å². The summed E-state index contributed by atoms with van der Waals surface area (Å²) in [5, 5.41) is 4.08. The number of esters is 1. The van der Waals surface area contributed by atoms with E-state index in [1.165, 1.54) is 19.1 Å². The molecule has 0 fully saturated rings. The van der Waals surface area contributed by atoms with Gasteiger partial charge in [-0.1, -0.05) is 73.3 Å². The van der Waals surface area contributed by atoms with E-state index in [0.717, 1.165) is 29.6 Å². The Morgan fingerprint density at radius 3 is 2.44 bits per heavy atom. The first kappa shape index (κ1) is 24.3. The number of pyridine rings is 1. The van der Waals surface area contributed by atoms with Crippen molar-refractivity contribution < 1.29 is 14.3 Å². The molecule has 0 bridgehead atoms. The molecule has 3 rings (SSSR count). The van der Waals surface area contributed by atoms with E-state index in [9.17, 15) is 9.59 Å². The zero-order valence-corrected chi connectivity index (χ0v) is 20.2. The van der Waals surface area contributed by atoms with Crippen molar-refractivity contribution >= 4 is 63.3 Å². The van der Waals surface area contributed by atoms with Gasteiger partial charge in [-0.2, -0.15) is 0 Å². The van der Waals surface area contributed by atoms with Gasteiger partial charge in [-0.25, -0.2) is 4.79 Å². The molecule has 32 heavy (non-hydrogen) atoms. The van der Waals surface area contributed by atoms with Gasteiger partial charge >= 0.3 is 5.97 Å². The molecule has 1 heterocycles. The van der Waals surface area contributed by atoms with Crippen molar-refractivity contribution in [3.63, 3.8) is 0 Å². The highest BCUT2D eigenvalue weighted by Gasteiger charge is 2.25. The second-order valence-electron chi connectivity index (χ2n) is 7.32. The number of nitrogens with zero attached hydrogens (tertiary/aromatic N) is 1. The zero-order chi connectivity index (χ0) is 23.4. The predicted octanol–water partition coefficient (Wildman–Crippen LogP) is 6.89. The molecule has 168 valence electrons. The van der Waals surface area contributed by atoms with Crippen molar-refractivity contribution in [3.8, 4) is 0 Å². The number of halogens is 3. The van der Waals surface area contributed by atoms with Crippen LogP contribution in [0.2, 0.25) is 15.1 Å². The van der Waals surface area contributed by atoms with E-state index in [1.54, 1.807) is 0 Å². The van der Waals surface area contributed by atoms with Crippen LogP contribution < -0.4 is 5.32 Å². The van der Waals surface area contributed by atoms with Crippen LogP contribution in [0.5, 0.6) is 0 Å². The molecular formula is C24H23Cl3N2O3. The molecule has 0 saturated carbocycles. The number of ether oxygens (including phenoxy) is 1. The van der Waals surface area contributed by atoms with E-state index in [2.05, 4.69) is 12.2 Å². The third kappa shape index (κ3) is 5.17. The molecular weight excluding hydrogens is 471 g/mol. The highest BCUT2D eigenvalue weighted by molar-refractivity contribution is 6.44. The van der Waals surface area contributed by atoms with Crippen LogP contribution in [0.1, 0.15) is 48.8 Å². The Hall–Kier alpha value is -2.34. The first-order valence-electron chi connectivity index (χ1n) is 10.3. The fraction of sp³-hybridized carbons (Fsp3) is 0.292. The average Bonchev–Trinajstić information content (AvgIpc) is 2.76. The summed E-state index contributed by atoms with van der Waals surface area (Å²) in [5.41, 5.74) is 3.17. The number of aromatic nitrogens is 1. The Balaban J connectivity index is 1.89. The number of aryl methyl sites for hydroxylation is 1. The fourth-order valence-electron chi connectivity index (χ4n) is 3.49. The summed E-state index contributed by atoms with van der Waals surface area (Å²) < 4.78 is 5.57. The van der Waals surface area contributed by atoms with E-state index in [1.807, 2.05) is 31.2 Å². The normalized spacial score (nSPS) is 11.9. The van der Waals surface area contributed by atoms with Gasteiger partial charge in [-0.05, 0) is 43.5 Å². The van der Waals surface area contributed by atoms with Gasteiger partial charge < -0.3 is 10.1 Å². The molecule has 1 N–H and O–H groups in total. The lowest BCUT2D eigenvalue weighted by Crippen LogP contribution is -2.30. The van der Waals surface area contributed by atoms with Crippen LogP contribution in [-0.4, -0.2) is 23.0 Å². The largest absolute Gasteiger partial charge is 0.449 e. The predicted molar refractivity (Wildman–Crippen MR) is 130 cm³/mol. The maximum atomic E-state index is 13.2. The van der Waals surface area contributed by atoms with Gasteiger partial charge in [0.15, 0.2) is 6.10 Å². The van der Waals surface area contributed by atoms with Gasteiger partial charge in [0.2, 0.25) is 0 Å². The van der Waals surface area contributed by atoms with Gasteiger partial charge in [0.25, 0.3) is 5.91 Å². The Kier molecular flexibility index (Phi) is 7.99. The average molecular weight is 494 g/mol. The molecule has 1 unspecified atom stereocenters. The monoisotopic (exact) mass is 492 g/mol. The smallest absolute Gasteiger partial charge is 0.339 e. The van der Waals surface area contributed by atoms with Crippen LogP contribution in [0.3, 0.4) is 0 Å². The van der Waals surface area contributed by atoms with E-state index >= 15 is 0 Å². The zero-order valence-electron chi connectivity index (χ0n) is 18.0. The third-order valence-electron chi connectivity index (χ3n) is 5.04. The van der Waals surface area contributed by atoms with Gasteiger partial charge in [0.1, 0.15) is 0 Å². The summed E-state index contributed by atoms with van der Waals surface area (Å²) in [6.45, 7) is 5.54. The number of nitrogens with one attached hydrogen (secondary N) is 1. The van der Waals surface area contributed by atoms with Crippen LogP contribution in [0.15, 0.2) is 36.4 Å². The molecule has 0 radical (unpaired) electrons. The maximum Gasteiger partial charge on any atom is 0.339 e. The molecule has 5 nitrogen and oxygen atoms in total. The number of hydrogen-bond acceptors (Lipinski definition) is 4. The van der Waals surface area contributed by atoms with Gasteiger partial charge in [0.05, 0.1) is 31.8 Å². The van der Waals surface area contributed by atoms with Crippen LogP contribution in [-0.2, 0) is 22.4 Å². The molecule has 8 heteroatoms. The molecule has 1 amide bonds. The second-order valence-corrected chi connectivity index (χ2v) is 8.54. The minimum absolute atomic E-state index is 0.226. The first-order chi connectivity index (χ1) is 15.3. The Labute approximate surface area is 202 Å². The lowest BCUT2D eigenvalue weighted by molar-refractivity contribution is -0.123. The molecule has 0 saturated heterocycles. The fourth-order valence-corrected chi connectivity index (χ4v) is 4.08. The van der Waals surface area contributed by atoms with Gasteiger partial charge in [-0.3, -0.25) is 9.78 Å². The lowest BCUT2D eigenvalue weighted by atomic mass is 9.96. The number of hydrogen-bond donors (Lipinski definition) is 1. The van der Waals surface area contributed by atoms with Crippen molar-refractivity contribution in [1.29, 1.82) is 0 Å². The van der Waals surface area contributed by atoms with Gasteiger partial charge in [0, 0.05) is 11.1 Å². The molecule has 0 aliphatic heterocycles.